The fourth-order valence-corrected chi connectivity index (χ4v) is 4.26. The van der Waals surface area contributed by atoms with Gasteiger partial charge in [0.25, 0.3) is 0 Å². The number of nitrogens with zero attached hydrogens (tertiary/aromatic N) is 3. The molecule has 4 aromatic rings. The summed E-state index contributed by atoms with van der Waals surface area (Å²) >= 11 is 0. The molecule has 0 radical (unpaired) electrons. The highest BCUT2D eigenvalue weighted by molar-refractivity contribution is 5.89. The van der Waals surface area contributed by atoms with E-state index >= 15 is 0 Å². The number of carbonyl (C=O) groups is 1. The van der Waals surface area contributed by atoms with Gasteiger partial charge in [0.05, 0.1) is 30.2 Å². The highest BCUT2D eigenvalue weighted by Gasteiger charge is 2.35. The number of alkyl halides is 6. The Kier molecular flexibility index (Phi) is 7.28. The van der Waals surface area contributed by atoms with Gasteiger partial charge in [-0.2, -0.15) is 31.4 Å². The first kappa shape index (κ1) is 27.3. The molecule has 0 saturated carbocycles. The van der Waals surface area contributed by atoms with Gasteiger partial charge in [-0.1, -0.05) is 36.4 Å². The van der Waals surface area contributed by atoms with Crippen molar-refractivity contribution >= 4 is 11.7 Å². The number of carbonyl (C=O) groups excluding carboxylic acids is 1. The molecule has 0 unspecified atom stereocenters. The summed E-state index contributed by atoms with van der Waals surface area (Å²) in [5.74, 6) is 0. The Hall–Kier alpha value is -4.32. The summed E-state index contributed by atoms with van der Waals surface area (Å²) in [6.45, 7) is 1.81. The number of hydrogen-bond donors (Lipinski definition) is 1. The predicted octanol–water partition coefficient (Wildman–Crippen LogP) is 7.11. The van der Waals surface area contributed by atoms with Gasteiger partial charge in [0.2, 0.25) is 0 Å². The topological polar surface area (TPSA) is 59.4 Å². The van der Waals surface area contributed by atoms with E-state index in [0.29, 0.717) is 54.4 Å². The van der Waals surface area contributed by atoms with E-state index in [1.807, 2.05) is 0 Å². The van der Waals surface area contributed by atoms with E-state index in [1.54, 1.807) is 53.4 Å². The first-order chi connectivity index (χ1) is 19.0. The minimum Gasteiger partial charge on any atom is -0.378 e. The summed E-state index contributed by atoms with van der Waals surface area (Å²) in [6.07, 6.45) is -9.14. The molecule has 3 aromatic carbocycles. The molecule has 208 valence electrons. The smallest absolute Gasteiger partial charge is 0.378 e. The minimum atomic E-state index is -4.69. The molecule has 0 spiro atoms. The highest BCUT2D eigenvalue weighted by Crippen LogP contribution is 2.35. The van der Waals surface area contributed by atoms with Crippen LogP contribution in [0.4, 0.5) is 36.8 Å². The summed E-state index contributed by atoms with van der Waals surface area (Å²) < 4.78 is 85.7. The van der Waals surface area contributed by atoms with Crippen molar-refractivity contribution in [3.05, 3.63) is 90.1 Å². The van der Waals surface area contributed by atoms with E-state index < -0.39 is 23.6 Å². The molecule has 1 aliphatic heterocycles. The summed E-state index contributed by atoms with van der Waals surface area (Å²) in [7, 11) is 0. The van der Waals surface area contributed by atoms with E-state index in [4.69, 9.17) is 4.74 Å². The maximum Gasteiger partial charge on any atom is 0.435 e. The van der Waals surface area contributed by atoms with Crippen molar-refractivity contribution in [1.29, 1.82) is 0 Å². The Morgan fingerprint density at radius 3 is 1.85 bits per heavy atom. The van der Waals surface area contributed by atoms with Crippen molar-refractivity contribution < 1.29 is 35.9 Å². The number of benzene rings is 3. The second kappa shape index (κ2) is 10.7. The number of hydrogen-bond acceptors (Lipinski definition) is 3. The summed E-state index contributed by atoms with van der Waals surface area (Å²) in [5.41, 5.74) is 0.646. The van der Waals surface area contributed by atoms with Crippen molar-refractivity contribution in [3.63, 3.8) is 0 Å². The van der Waals surface area contributed by atoms with Gasteiger partial charge in [-0.3, -0.25) is 0 Å². The van der Waals surface area contributed by atoms with Gasteiger partial charge < -0.3 is 15.0 Å². The number of nitrogens with one attached hydrogen (secondary N) is 1. The van der Waals surface area contributed by atoms with Crippen molar-refractivity contribution in [2.45, 2.75) is 12.4 Å². The van der Waals surface area contributed by atoms with Gasteiger partial charge in [-0.15, -0.1) is 0 Å². The second-order valence-corrected chi connectivity index (χ2v) is 9.05. The molecule has 12 heteroatoms. The van der Waals surface area contributed by atoms with Crippen molar-refractivity contribution in [2.75, 3.05) is 31.6 Å². The van der Waals surface area contributed by atoms with Crippen LogP contribution >= 0.6 is 0 Å². The standard InChI is InChI=1S/C28H22F6N4O2/c29-27(30,31)21-7-5-19(6-8-21)18-1-3-20(4-2-18)24-17-25(28(32,33)34)36-38(24)23-11-9-22(10-12-23)35-26(39)37-13-15-40-16-14-37/h1-12,17H,13-16H2,(H,35,39). The van der Waals surface area contributed by atoms with E-state index in [9.17, 15) is 31.1 Å². The number of urea groups is 1. The monoisotopic (exact) mass is 560 g/mol. The number of anilines is 1. The number of halogens is 6. The molecule has 1 N–H and O–H groups in total. The van der Waals surface area contributed by atoms with Gasteiger partial charge in [0, 0.05) is 24.3 Å². The van der Waals surface area contributed by atoms with Gasteiger partial charge >= 0.3 is 18.4 Å². The molecule has 2 heterocycles. The quantitative estimate of drug-likeness (QED) is 0.271. The molecule has 1 fully saturated rings. The van der Waals surface area contributed by atoms with Gasteiger partial charge in [-0.25, -0.2) is 9.48 Å². The molecule has 5 rings (SSSR count). The van der Waals surface area contributed by atoms with Crippen LogP contribution in [0.1, 0.15) is 11.3 Å². The lowest BCUT2D eigenvalue weighted by molar-refractivity contribution is -0.141. The third-order valence-corrected chi connectivity index (χ3v) is 6.39. The van der Waals surface area contributed by atoms with Crippen LogP contribution in [-0.4, -0.2) is 47.0 Å². The number of morpholine rings is 1. The van der Waals surface area contributed by atoms with Crippen LogP contribution in [0.3, 0.4) is 0 Å². The Morgan fingerprint density at radius 1 is 0.750 bits per heavy atom. The second-order valence-electron chi connectivity index (χ2n) is 9.05. The zero-order valence-electron chi connectivity index (χ0n) is 20.8. The first-order valence-corrected chi connectivity index (χ1v) is 12.2. The summed E-state index contributed by atoms with van der Waals surface area (Å²) in [4.78, 5) is 14.0. The van der Waals surface area contributed by atoms with E-state index in [1.165, 1.54) is 12.1 Å². The van der Waals surface area contributed by atoms with Crippen LogP contribution in [-0.2, 0) is 17.1 Å². The lowest BCUT2D eigenvalue weighted by atomic mass is 10.0. The number of ether oxygens (including phenoxy) is 1. The highest BCUT2D eigenvalue weighted by atomic mass is 19.4. The van der Waals surface area contributed by atoms with E-state index in [-0.39, 0.29) is 11.7 Å². The molecular weight excluding hydrogens is 538 g/mol. The van der Waals surface area contributed by atoms with Gasteiger partial charge in [-0.05, 0) is 53.6 Å². The predicted molar refractivity (Wildman–Crippen MR) is 136 cm³/mol. The van der Waals surface area contributed by atoms with Crippen LogP contribution in [0.2, 0.25) is 0 Å². The molecule has 6 nitrogen and oxygen atoms in total. The SMILES string of the molecule is O=C(Nc1ccc(-n2nc(C(F)(F)F)cc2-c2ccc(-c3ccc(C(F)(F)F)cc3)cc2)cc1)N1CCOCC1. The normalized spacial score (nSPS) is 14.3. The zero-order chi connectivity index (χ0) is 28.5. The molecule has 0 bridgehead atoms. The fraction of sp³-hybridized carbons (Fsp3) is 0.214. The molecule has 40 heavy (non-hydrogen) atoms. The molecule has 2 amide bonds. The Labute approximate surface area is 224 Å². The lowest BCUT2D eigenvalue weighted by Gasteiger charge is -2.26. The first-order valence-electron chi connectivity index (χ1n) is 12.2. The Morgan fingerprint density at radius 2 is 1.30 bits per heavy atom. The number of rotatable bonds is 4. The zero-order valence-corrected chi connectivity index (χ0v) is 20.8. The maximum absolute atomic E-state index is 13.6. The van der Waals surface area contributed by atoms with E-state index in [0.717, 1.165) is 22.9 Å². The number of aromatic nitrogens is 2. The lowest BCUT2D eigenvalue weighted by Crippen LogP contribution is -2.43. The van der Waals surface area contributed by atoms with Crippen LogP contribution in [0.15, 0.2) is 78.9 Å². The van der Waals surface area contributed by atoms with Gasteiger partial charge in [0.1, 0.15) is 0 Å². The maximum atomic E-state index is 13.6. The number of amides is 2. The molecular formula is C28H22F6N4O2. The molecule has 1 aromatic heterocycles. The average Bonchev–Trinajstić information content (AvgIpc) is 3.40. The van der Waals surface area contributed by atoms with Crippen molar-refractivity contribution in [1.82, 2.24) is 14.7 Å². The summed E-state index contributed by atoms with van der Waals surface area (Å²) in [5, 5.41) is 6.54. The summed E-state index contributed by atoms with van der Waals surface area (Å²) in [6, 6.07) is 17.9. The Balaban J connectivity index is 1.41. The van der Waals surface area contributed by atoms with Crippen LogP contribution in [0.5, 0.6) is 0 Å². The van der Waals surface area contributed by atoms with Crippen LogP contribution in [0.25, 0.3) is 28.1 Å². The van der Waals surface area contributed by atoms with Crippen molar-refractivity contribution in [3.8, 4) is 28.1 Å². The average molecular weight is 560 g/mol. The third kappa shape index (κ3) is 5.96. The third-order valence-electron chi connectivity index (χ3n) is 6.39. The molecule has 1 aliphatic rings. The van der Waals surface area contributed by atoms with Crippen LogP contribution < -0.4 is 5.32 Å². The largest absolute Gasteiger partial charge is 0.435 e. The molecule has 0 atom stereocenters. The fourth-order valence-electron chi connectivity index (χ4n) is 4.26. The molecule has 0 aliphatic carbocycles. The minimum absolute atomic E-state index is 0.163. The molecule has 1 saturated heterocycles. The van der Waals surface area contributed by atoms with E-state index in [2.05, 4.69) is 10.4 Å². The Bertz CT molecular complexity index is 1470. The van der Waals surface area contributed by atoms with Gasteiger partial charge in [0.15, 0.2) is 5.69 Å². The van der Waals surface area contributed by atoms with Crippen LogP contribution in [0, 0.1) is 0 Å². The van der Waals surface area contributed by atoms with Crippen molar-refractivity contribution in [2.24, 2.45) is 0 Å².